The van der Waals surface area contributed by atoms with Crippen LogP contribution in [0.1, 0.15) is 21.6 Å². The topological polar surface area (TPSA) is 39.2 Å². The van der Waals surface area contributed by atoms with Gasteiger partial charge in [0.1, 0.15) is 5.75 Å². The van der Waals surface area contributed by atoms with Crippen molar-refractivity contribution in [3.8, 4) is 5.75 Å². The number of halogens is 2. The van der Waals surface area contributed by atoms with Gasteiger partial charge < -0.3 is 4.74 Å². The third-order valence-electron chi connectivity index (χ3n) is 2.85. The highest BCUT2D eigenvalue weighted by Crippen LogP contribution is 2.22. The van der Waals surface area contributed by atoms with Crippen LogP contribution in [0.15, 0.2) is 42.6 Å². The zero-order valence-corrected chi connectivity index (χ0v) is 10.8. The number of hydrogen-bond acceptors (Lipinski definition) is 3. The Morgan fingerprint density at radius 1 is 1.25 bits per heavy atom. The van der Waals surface area contributed by atoms with Crippen LogP contribution in [0.25, 0.3) is 0 Å². The molecule has 0 saturated heterocycles. The number of hydrogen-bond donors (Lipinski definition) is 0. The number of ketones is 1. The Bertz CT molecular complexity index is 614. The molecule has 0 spiro atoms. The van der Waals surface area contributed by atoms with Gasteiger partial charge >= 0.3 is 6.61 Å². The van der Waals surface area contributed by atoms with Crippen LogP contribution in [-0.4, -0.2) is 17.4 Å². The first-order valence-electron chi connectivity index (χ1n) is 6.05. The summed E-state index contributed by atoms with van der Waals surface area (Å²) in [7, 11) is 0. The van der Waals surface area contributed by atoms with Crippen molar-refractivity contribution >= 4 is 5.78 Å². The van der Waals surface area contributed by atoms with E-state index in [0.29, 0.717) is 5.69 Å². The van der Waals surface area contributed by atoms with Crippen molar-refractivity contribution in [3.05, 3.63) is 59.4 Å². The van der Waals surface area contributed by atoms with Gasteiger partial charge in [-0.3, -0.25) is 9.78 Å². The minimum absolute atomic E-state index is 0.0519. The standard InChI is InChI=1S/C15H13F2NO2/c1-10-5-4-8-18-12(10)9-13(19)11-6-2-3-7-14(11)20-15(16)17/h2-8,15H,9H2,1H3. The van der Waals surface area contributed by atoms with Gasteiger partial charge in [-0.2, -0.15) is 8.78 Å². The van der Waals surface area contributed by atoms with E-state index in [-0.39, 0.29) is 23.5 Å². The van der Waals surface area contributed by atoms with Crippen molar-refractivity contribution in [1.82, 2.24) is 4.98 Å². The maximum absolute atomic E-state index is 12.3. The number of nitrogens with zero attached hydrogens (tertiary/aromatic N) is 1. The Kier molecular flexibility index (Phi) is 4.40. The number of benzene rings is 1. The predicted molar refractivity (Wildman–Crippen MR) is 70.1 cm³/mol. The van der Waals surface area contributed by atoms with E-state index in [2.05, 4.69) is 9.72 Å². The fourth-order valence-electron chi connectivity index (χ4n) is 1.85. The lowest BCUT2D eigenvalue weighted by molar-refractivity contribution is -0.0501. The lowest BCUT2D eigenvalue weighted by Gasteiger charge is -2.10. The molecule has 20 heavy (non-hydrogen) atoms. The molecule has 0 atom stereocenters. The van der Waals surface area contributed by atoms with Gasteiger partial charge in [0.2, 0.25) is 0 Å². The molecule has 0 amide bonds. The summed E-state index contributed by atoms with van der Waals surface area (Å²) in [6.07, 6.45) is 1.65. The number of carbonyl (C=O) groups is 1. The lowest BCUT2D eigenvalue weighted by Crippen LogP contribution is -2.11. The van der Waals surface area contributed by atoms with E-state index >= 15 is 0 Å². The molecule has 1 heterocycles. The van der Waals surface area contributed by atoms with E-state index in [9.17, 15) is 13.6 Å². The number of carbonyl (C=O) groups excluding carboxylic acids is 1. The molecule has 0 radical (unpaired) electrons. The molecule has 2 aromatic rings. The monoisotopic (exact) mass is 277 g/mol. The first-order chi connectivity index (χ1) is 9.58. The quantitative estimate of drug-likeness (QED) is 0.786. The molecule has 104 valence electrons. The molecule has 0 aliphatic heterocycles. The number of pyridine rings is 1. The Labute approximate surface area is 115 Å². The van der Waals surface area contributed by atoms with Gasteiger partial charge in [-0.25, -0.2) is 0 Å². The first kappa shape index (κ1) is 14.1. The van der Waals surface area contributed by atoms with Crippen LogP contribution in [0.5, 0.6) is 5.75 Å². The van der Waals surface area contributed by atoms with Gasteiger partial charge in [0.25, 0.3) is 0 Å². The third-order valence-corrected chi connectivity index (χ3v) is 2.85. The molecule has 1 aromatic carbocycles. The smallest absolute Gasteiger partial charge is 0.387 e. The maximum atomic E-state index is 12.3. The summed E-state index contributed by atoms with van der Waals surface area (Å²) in [5, 5.41) is 0. The summed E-state index contributed by atoms with van der Waals surface area (Å²) in [5.41, 5.74) is 1.65. The zero-order chi connectivity index (χ0) is 14.5. The van der Waals surface area contributed by atoms with Gasteiger partial charge in [0.15, 0.2) is 5.78 Å². The molecule has 3 nitrogen and oxygen atoms in total. The molecule has 2 rings (SSSR count). The molecular weight excluding hydrogens is 264 g/mol. The molecule has 0 fully saturated rings. The van der Waals surface area contributed by atoms with E-state index in [1.807, 2.05) is 13.0 Å². The molecule has 0 aliphatic rings. The molecule has 0 unspecified atom stereocenters. The predicted octanol–water partition coefficient (Wildman–Crippen LogP) is 3.42. The van der Waals surface area contributed by atoms with E-state index in [0.717, 1.165) is 5.56 Å². The Balaban J connectivity index is 2.23. The maximum Gasteiger partial charge on any atom is 0.387 e. The van der Waals surface area contributed by atoms with E-state index in [1.165, 1.54) is 12.1 Å². The Morgan fingerprint density at radius 3 is 2.70 bits per heavy atom. The van der Waals surface area contributed by atoms with Crippen molar-refractivity contribution in [1.29, 1.82) is 0 Å². The van der Waals surface area contributed by atoms with Crippen molar-refractivity contribution in [2.24, 2.45) is 0 Å². The lowest BCUT2D eigenvalue weighted by atomic mass is 10.0. The SMILES string of the molecule is Cc1cccnc1CC(=O)c1ccccc1OC(F)F. The zero-order valence-electron chi connectivity index (χ0n) is 10.8. The molecule has 5 heteroatoms. The number of aromatic nitrogens is 1. The largest absolute Gasteiger partial charge is 0.434 e. The molecule has 0 bridgehead atoms. The fourth-order valence-corrected chi connectivity index (χ4v) is 1.85. The summed E-state index contributed by atoms with van der Waals surface area (Å²) in [6, 6.07) is 9.59. The van der Waals surface area contributed by atoms with Gasteiger partial charge in [-0.05, 0) is 30.7 Å². The van der Waals surface area contributed by atoms with Crippen LogP contribution in [0.3, 0.4) is 0 Å². The second-order valence-corrected chi connectivity index (χ2v) is 4.24. The van der Waals surface area contributed by atoms with Crippen LogP contribution in [0.2, 0.25) is 0 Å². The highest BCUT2D eigenvalue weighted by molar-refractivity contribution is 5.99. The Morgan fingerprint density at radius 2 is 2.00 bits per heavy atom. The number of para-hydroxylation sites is 1. The van der Waals surface area contributed by atoms with Crippen molar-refractivity contribution < 1.29 is 18.3 Å². The van der Waals surface area contributed by atoms with Crippen molar-refractivity contribution in [3.63, 3.8) is 0 Å². The fraction of sp³-hybridized carbons (Fsp3) is 0.200. The molecule has 1 aromatic heterocycles. The molecular formula is C15H13F2NO2. The normalized spacial score (nSPS) is 10.6. The van der Waals surface area contributed by atoms with E-state index in [1.54, 1.807) is 24.4 Å². The second-order valence-electron chi connectivity index (χ2n) is 4.24. The third kappa shape index (κ3) is 3.38. The summed E-state index contributed by atoms with van der Waals surface area (Å²) < 4.78 is 29.0. The summed E-state index contributed by atoms with van der Waals surface area (Å²) in [6.45, 7) is -1.11. The van der Waals surface area contributed by atoms with Gasteiger partial charge in [0, 0.05) is 6.20 Å². The summed E-state index contributed by atoms with van der Waals surface area (Å²) in [5.74, 6) is -0.413. The summed E-state index contributed by atoms with van der Waals surface area (Å²) in [4.78, 5) is 16.3. The average Bonchev–Trinajstić information content (AvgIpc) is 2.41. The van der Waals surface area contributed by atoms with Crippen LogP contribution in [-0.2, 0) is 6.42 Å². The number of alkyl halides is 2. The second kappa shape index (κ2) is 6.23. The Hall–Kier alpha value is -2.30. The molecule has 0 aliphatic carbocycles. The highest BCUT2D eigenvalue weighted by atomic mass is 19.3. The minimum atomic E-state index is -2.96. The van der Waals surface area contributed by atoms with Crippen LogP contribution >= 0.6 is 0 Å². The first-order valence-corrected chi connectivity index (χ1v) is 6.05. The van der Waals surface area contributed by atoms with Gasteiger partial charge in [-0.1, -0.05) is 18.2 Å². The minimum Gasteiger partial charge on any atom is -0.434 e. The number of rotatable bonds is 5. The van der Waals surface area contributed by atoms with E-state index in [4.69, 9.17) is 0 Å². The number of Topliss-reactive ketones (excluding diaryl/α,β-unsaturated/α-hetero) is 1. The van der Waals surface area contributed by atoms with E-state index < -0.39 is 6.61 Å². The molecule has 0 saturated carbocycles. The number of ether oxygens (including phenoxy) is 1. The van der Waals surface area contributed by atoms with Gasteiger partial charge in [-0.15, -0.1) is 0 Å². The van der Waals surface area contributed by atoms with Crippen LogP contribution in [0, 0.1) is 6.92 Å². The number of aryl methyl sites for hydroxylation is 1. The van der Waals surface area contributed by atoms with Crippen molar-refractivity contribution in [2.45, 2.75) is 20.0 Å². The van der Waals surface area contributed by atoms with Crippen LogP contribution < -0.4 is 4.74 Å². The highest BCUT2D eigenvalue weighted by Gasteiger charge is 2.16. The average molecular weight is 277 g/mol. The van der Waals surface area contributed by atoms with Crippen LogP contribution in [0.4, 0.5) is 8.78 Å². The van der Waals surface area contributed by atoms with Crippen molar-refractivity contribution in [2.75, 3.05) is 0 Å². The molecule has 0 N–H and O–H groups in total. The summed E-state index contributed by atoms with van der Waals surface area (Å²) >= 11 is 0. The van der Waals surface area contributed by atoms with Gasteiger partial charge in [0.05, 0.1) is 17.7 Å².